The highest BCUT2D eigenvalue weighted by Crippen LogP contribution is 2.31. The number of ether oxygens (including phenoxy) is 1. The van der Waals surface area contributed by atoms with Crippen molar-refractivity contribution < 1.29 is 17.9 Å². The van der Waals surface area contributed by atoms with Crippen molar-refractivity contribution in [2.24, 2.45) is 0 Å². The minimum Gasteiger partial charge on any atom is -0.459 e. The van der Waals surface area contributed by atoms with E-state index in [4.69, 9.17) is 27.9 Å². The first-order chi connectivity index (χ1) is 13.9. The number of hydrogen-bond acceptors (Lipinski definition) is 4. The Kier molecular flexibility index (Phi) is 6.09. The van der Waals surface area contributed by atoms with Crippen molar-refractivity contribution in [3.63, 3.8) is 0 Å². The molecule has 0 amide bonds. The van der Waals surface area contributed by atoms with Crippen LogP contribution in [0, 0.1) is 6.92 Å². The van der Waals surface area contributed by atoms with E-state index in [2.05, 4.69) is 4.98 Å². The lowest BCUT2D eigenvalue weighted by molar-refractivity contribution is -0.152. The molecule has 9 heteroatoms. The summed E-state index contributed by atoms with van der Waals surface area (Å²) in [7, 11) is -4.16. The van der Waals surface area contributed by atoms with Crippen LogP contribution in [0.4, 0.5) is 5.69 Å². The summed E-state index contributed by atoms with van der Waals surface area (Å²) in [5.41, 5.74) is 1.30. The Morgan fingerprint density at radius 3 is 2.33 bits per heavy atom. The number of benzene rings is 2. The number of fused-ring (bicyclic) bond motifs is 1. The van der Waals surface area contributed by atoms with E-state index in [9.17, 15) is 13.2 Å². The minimum absolute atomic E-state index is 0.115. The number of aromatic amines is 1. The second-order valence-electron chi connectivity index (χ2n) is 7.91. The molecule has 30 heavy (non-hydrogen) atoms. The largest absolute Gasteiger partial charge is 0.459 e. The molecule has 0 radical (unpaired) electrons. The number of aromatic nitrogens is 1. The van der Waals surface area contributed by atoms with Gasteiger partial charge < -0.3 is 9.72 Å². The Hall–Kier alpha value is -2.22. The molecule has 1 aromatic heterocycles. The number of carbonyl (C=O) groups is 1. The predicted octanol–water partition coefficient (Wildman–Crippen LogP) is 5.32. The second-order valence-corrected chi connectivity index (χ2v) is 10.6. The average Bonchev–Trinajstić information content (AvgIpc) is 3.06. The molecule has 1 N–H and O–H groups in total. The maximum Gasteiger partial charge on any atom is 0.327 e. The fourth-order valence-electron chi connectivity index (χ4n) is 3.09. The van der Waals surface area contributed by atoms with E-state index in [-0.39, 0.29) is 14.9 Å². The Morgan fingerprint density at radius 2 is 1.73 bits per heavy atom. The van der Waals surface area contributed by atoms with Gasteiger partial charge in [0.1, 0.15) is 12.1 Å². The van der Waals surface area contributed by atoms with Crippen molar-refractivity contribution in [2.45, 2.75) is 38.2 Å². The molecule has 2 aromatic carbocycles. The summed E-state index contributed by atoms with van der Waals surface area (Å²) >= 11 is 12.1. The third-order valence-corrected chi connectivity index (χ3v) is 6.43. The van der Waals surface area contributed by atoms with Crippen LogP contribution in [0.3, 0.4) is 0 Å². The maximum atomic E-state index is 13.5. The van der Waals surface area contributed by atoms with Crippen molar-refractivity contribution in [3.05, 3.63) is 58.2 Å². The number of nitrogens with zero attached hydrogens (tertiary/aromatic N) is 1. The summed E-state index contributed by atoms with van der Waals surface area (Å²) in [5, 5.41) is 1.17. The van der Waals surface area contributed by atoms with Crippen LogP contribution in [0.25, 0.3) is 10.9 Å². The van der Waals surface area contributed by atoms with E-state index >= 15 is 0 Å². The number of nitrogens with one attached hydrogen (secondary N) is 1. The number of rotatable bonds is 5. The van der Waals surface area contributed by atoms with Gasteiger partial charge in [-0.1, -0.05) is 23.2 Å². The zero-order valence-corrected chi connectivity index (χ0v) is 19.3. The number of halogens is 2. The number of aryl methyl sites for hydroxylation is 1. The van der Waals surface area contributed by atoms with Crippen molar-refractivity contribution >= 4 is 55.8 Å². The van der Waals surface area contributed by atoms with Crippen LogP contribution in [-0.4, -0.2) is 31.5 Å². The fourth-order valence-corrected chi connectivity index (χ4v) is 5.21. The van der Waals surface area contributed by atoms with Crippen LogP contribution >= 0.6 is 23.2 Å². The first-order valence-corrected chi connectivity index (χ1v) is 11.3. The van der Waals surface area contributed by atoms with Crippen LogP contribution < -0.4 is 4.31 Å². The van der Waals surface area contributed by atoms with Gasteiger partial charge in [0.2, 0.25) is 0 Å². The normalized spacial score (nSPS) is 12.2. The van der Waals surface area contributed by atoms with E-state index in [1.165, 1.54) is 18.2 Å². The van der Waals surface area contributed by atoms with Gasteiger partial charge in [-0.05, 0) is 69.7 Å². The van der Waals surface area contributed by atoms with Crippen molar-refractivity contribution in [2.75, 3.05) is 10.8 Å². The first kappa shape index (κ1) is 22.5. The van der Waals surface area contributed by atoms with Crippen LogP contribution in [0.15, 0.2) is 47.5 Å². The number of sulfonamides is 1. The highest BCUT2D eigenvalue weighted by Gasteiger charge is 2.30. The molecule has 160 valence electrons. The lowest BCUT2D eigenvalue weighted by atomic mass is 10.1. The van der Waals surface area contributed by atoms with E-state index in [1.807, 2.05) is 13.0 Å². The zero-order chi connectivity index (χ0) is 22.3. The molecule has 1 heterocycles. The minimum atomic E-state index is -4.16. The molecule has 0 bridgehead atoms. The van der Waals surface area contributed by atoms with E-state index < -0.39 is 28.1 Å². The van der Waals surface area contributed by atoms with Gasteiger partial charge in [0.05, 0.1) is 10.6 Å². The summed E-state index contributed by atoms with van der Waals surface area (Å²) in [6.07, 6.45) is 1.77. The van der Waals surface area contributed by atoms with Gasteiger partial charge in [-0.3, -0.25) is 9.10 Å². The zero-order valence-electron chi connectivity index (χ0n) is 17.0. The Morgan fingerprint density at radius 1 is 1.10 bits per heavy atom. The smallest absolute Gasteiger partial charge is 0.327 e. The molecule has 3 rings (SSSR count). The van der Waals surface area contributed by atoms with Crippen LogP contribution in [0.5, 0.6) is 0 Å². The van der Waals surface area contributed by atoms with E-state index in [0.717, 1.165) is 20.8 Å². The topological polar surface area (TPSA) is 79.5 Å². The van der Waals surface area contributed by atoms with E-state index in [0.29, 0.717) is 5.69 Å². The molecule has 3 aromatic rings. The number of hydrogen-bond donors (Lipinski definition) is 1. The Bertz CT molecular complexity index is 1190. The van der Waals surface area contributed by atoms with Gasteiger partial charge >= 0.3 is 5.97 Å². The Labute approximate surface area is 185 Å². The monoisotopic (exact) mass is 468 g/mol. The van der Waals surface area contributed by atoms with Gasteiger partial charge in [0.15, 0.2) is 0 Å². The number of esters is 1. The molecule has 0 fully saturated rings. The van der Waals surface area contributed by atoms with Gasteiger partial charge in [-0.25, -0.2) is 8.42 Å². The summed E-state index contributed by atoms with van der Waals surface area (Å²) in [4.78, 5) is 15.6. The number of anilines is 1. The lowest BCUT2D eigenvalue weighted by Gasteiger charge is -2.27. The van der Waals surface area contributed by atoms with Crippen molar-refractivity contribution in [1.82, 2.24) is 4.98 Å². The molecule has 6 nitrogen and oxygen atoms in total. The summed E-state index contributed by atoms with van der Waals surface area (Å²) in [6.45, 7) is 6.51. The molecular weight excluding hydrogens is 447 g/mol. The Balaban J connectivity index is 2.14. The molecule has 0 saturated heterocycles. The van der Waals surface area contributed by atoms with Gasteiger partial charge in [-0.2, -0.15) is 0 Å². The molecule has 0 saturated carbocycles. The summed E-state index contributed by atoms with van der Waals surface area (Å²) in [6, 6.07) is 9.27. The second kappa shape index (κ2) is 8.13. The van der Waals surface area contributed by atoms with Gasteiger partial charge in [0, 0.05) is 27.1 Å². The third kappa shape index (κ3) is 4.91. The quantitative estimate of drug-likeness (QED) is 0.513. The predicted molar refractivity (Wildman–Crippen MR) is 120 cm³/mol. The van der Waals surface area contributed by atoms with Crippen molar-refractivity contribution in [1.29, 1.82) is 0 Å². The molecule has 0 spiro atoms. The highest BCUT2D eigenvalue weighted by atomic mass is 35.5. The maximum absolute atomic E-state index is 13.5. The van der Waals surface area contributed by atoms with Gasteiger partial charge in [0.25, 0.3) is 10.0 Å². The SMILES string of the molecule is Cc1cc(N(CC(=O)OC(C)(C)C)S(=O)(=O)c2cc(Cl)cc(Cl)c2)cc2cc[nH]c12. The van der Waals surface area contributed by atoms with Crippen LogP contribution in [0.1, 0.15) is 26.3 Å². The van der Waals surface area contributed by atoms with Crippen molar-refractivity contribution in [3.8, 4) is 0 Å². The first-order valence-electron chi connectivity index (χ1n) is 9.15. The molecule has 0 atom stereocenters. The molecule has 0 aliphatic heterocycles. The highest BCUT2D eigenvalue weighted by molar-refractivity contribution is 7.92. The average molecular weight is 469 g/mol. The van der Waals surface area contributed by atoms with Crippen LogP contribution in [0.2, 0.25) is 10.0 Å². The van der Waals surface area contributed by atoms with E-state index in [1.54, 1.807) is 39.1 Å². The summed E-state index contributed by atoms with van der Waals surface area (Å²) in [5.74, 6) is -0.675. The number of H-pyrrole nitrogens is 1. The fraction of sp³-hybridized carbons (Fsp3) is 0.286. The van der Waals surface area contributed by atoms with Crippen LogP contribution in [-0.2, 0) is 19.6 Å². The lowest BCUT2D eigenvalue weighted by Crippen LogP contribution is -2.39. The van der Waals surface area contributed by atoms with Gasteiger partial charge in [-0.15, -0.1) is 0 Å². The molecular formula is C21H22Cl2N2O4S. The molecule has 0 unspecified atom stereocenters. The molecule has 0 aliphatic carbocycles. The molecule has 0 aliphatic rings. The summed E-state index contributed by atoms with van der Waals surface area (Å²) < 4.78 is 33.4. The number of carbonyl (C=O) groups excluding carboxylic acids is 1. The third-order valence-electron chi connectivity index (χ3n) is 4.25. The standard InChI is InChI=1S/C21H22Cl2N2O4S/c1-13-7-17(8-14-5-6-24-20(13)14)25(12-19(26)29-21(2,3)4)30(27,28)18-10-15(22)9-16(23)11-18/h5-11,24H,12H2,1-4H3.